The van der Waals surface area contributed by atoms with E-state index in [1.165, 1.54) is 0 Å². The number of rotatable bonds is 3. The average molecular weight is 281 g/mol. The summed E-state index contributed by atoms with van der Waals surface area (Å²) in [4.78, 5) is 0. The fourth-order valence-electron chi connectivity index (χ4n) is 1.74. The summed E-state index contributed by atoms with van der Waals surface area (Å²) >= 11 is 3.42. The smallest absolute Gasteiger partial charge is 0.106 e. The van der Waals surface area contributed by atoms with Crippen molar-refractivity contribution in [2.75, 3.05) is 0 Å². The van der Waals surface area contributed by atoms with Crippen molar-refractivity contribution >= 4 is 15.9 Å². The van der Waals surface area contributed by atoms with Crippen LogP contribution < -0.4 is 0 Å². The van der Waals surface area contributed by atoms with Gasteiger partial charge in [-0.25, -0.2) is 0 Å². The monoisotopic (exact) mass is 280 g/mol. The van der Waals surface area contributed by atoms with Crippen LogP contribution in [0, 0.1) is 6.92 Å². The zero-order valence-electron chi connectivity index (χ0n) is 8.98. The number of hydrogen-bond donors (Lipinski definition) is 1. The van der Waals surface area contributed by atoms with Crippen LogP contribution in [-0.4, -0.2) is 5.11 Å². The molecule has 0 aliphatic rings. The minimum absolute atomic E-state index is 0.506. The molecule has 0 saturated carbocycles. The highest BCUT2D eigenvalue weighted by atomic mass is 79.9. The fourth-order valence-corrected chi connectivity index (χ4v) is 2.18. The summed E-state index contributed by atoms with van der Waals surface area (Å²) in [6.07, 6.45) is 1.70. The molecule has 0 aliphatic heterocycles. The first-order chi connectivity index (χ1) is 7.66. The maximum Gasteiger partial charge on any atom is 0.106 e. The van der Waals surface area contributed by atoms with Crippen LogP contribution in [0.25, 0.3) is 0 Å². The first kappa shape index (κ1) is 11.4. The van der Waals surface area contributed by atoms with E-state index in [0.717, 1.165) is 21.4 Å². The summed E-state index contributed by atoms with van der Waals surface area (Å²) in [5.74, 6) is 0.780. The molecule has 2 rings (SSSR count). The van der Waals surface area contributed by atoms with Gasteiger partial charge in [0.15, 0.2) is 0 Å². The van der Waals surface area contributed by atoms with Gasteiger partial charge in [0, 0.05) is 16.5 Å². The topological polar surface area (TPSA) is 33.4 Å². The number of furan rings is 1. The Morgan fingerprint density at radius 2 is 2.19 bits per heavy atom. The molecule has 0 fully saturated rings. The van der Waals surface area contributed by atoms with Crippen LogP contribution in [0.5, 0.6) is 0 Å². The van der Waals surface area contributed by atoms with Crippen molar-refractivity contribution in [1.29, 1.82) is 0 Å². The van der Waals surface area contributed by atoms with E-state index in [2.05, 4.69) is 15.9 Å². The molecular weight excluding hydrogens is 268 g/mol. The average Bonchev–Trinajstić information content (AvgIpc) is 2.64. The van der Waals surface area contributed by atoms with Crippen molar-refractivity contribution in [3.8, 4) is 0 Å². The van der Waals surface area contributed by atoms with E-state index in [0.29, 0.717) is 6.42 Å². The molecule has 0 amide bonds. The summed E-state index contributed by atoms with van der Waals surface area (Å²) in [5, 5.41) is 10.1. The van der Waals surface area contributed by atoms with Gasteiger partial charge in [-0.3, -0.25) is 0 Å². The van der Waals surface area contributed by atoms with Gasteiger partial charge >= 0.3 is 0 Å². The van der Waals surface area contributed by atoms with Crippen LogP contribution in [-0.2, 0) is 6.42 Å². The lowest BCUT2D eigenvalue weighted by atomic mass is 10.0. The van der Waals surface area contributed by atoms with Crippen LogP contribution in [0.3, 0.4) is 0 Å². The van der Waals surface area contributed by atoms with Crippen molar-refractivity contribution in [2.24, 2.45) is 0 Å². The van der Waals surface area contributed by atoms with E-state index >= 15 is 0 Å². The molecular formula is C13H13BrO2. The highest BCUT2D eigenvalue weighted by Gasteiger charge is 2.13. The highest BCUT2D eigenvalue weighted by molar-refractivity contribution is 9.10. The molecule has 0 bridgehead atoms. The number of hydrogen-bond acceptors (Lipinski definition) is 2. The lowest BCUT2D eigenvalue weighted by Gasteiger charge is -2.09. The van der Waals surface area contributed by atoms with Gasteiger partial charge in [-0.15, -0.1) is 0 Å². The normalized spacial score (nSPS) is 12.7. The summed E-state index contributed by atoms with van der Waals surface area (Å²) in [6.45, 7) is 1.86. The van der Waals surface area contributed by atoms with Crippen molar-refractivity contribution in [1.82, 2.24) is 0 Å². The molecule has 16 heavy (non-hydrogen) atoms. The molecule has 1 heterocycles. The number of benzene rings is 1. The molecule has 0 radical (unpaired) electrons. The Morgan fingerprint density at radius 1 is 1.38 bits per heavy atom. The third kappa shape index (κ3) is 2.54. The SMILES string of the molecule is Cc1occc1C(O)Cc1cccc(Br)c1. The standard InChI is InChI=1S/C13H13BrO2/c1-9-12(5-6-16-9)13(15)8-10-3-2-4-11(14)7-10/h2-7,13,15H,8H2,1H3. The Balaban J connectivity index is 2.14. The molecule has 1 unspecified atom stereocenters. The van der Waals surface area contributed by atoms with Crippen LogP contribution in [0.2, 0.25) is 0 Å². The number of halogens is 1. The maximum absolute atomic E-state index is 10.1. The van der Waals surface area contributed by atoms with Crippen LogP contribution in [0.1, 0.15) is 23.0 Å². The number of aliphatic hydroxyl groups is 1. The van der Waals surface area contributed by atoms with E-state index in [1.54, 1.807) is 6.26 Å². The van der Waals surface area contributed by atoms with E-state index in [9.17, 15) is 5.11 Å². The largest absolute Gasteiger partial charge is 0.469 e. The second-order valence-electron chi connectivity index (χ2n) is 3.78. The molecule has 1 aromatic heterocycles. The molecule has 0 saturated heterocycles. The molecule has 84 valence electrons. The first-order valence-corrected chi connectivity index (χ1v) is 5.92. The molecule has 0 aliphatic carbocycles. The molecule has 1 aromatic carbocycles. The third-order valence-corrected chi connectivity index (χ3v) is 3.07. The molecule has 2 nitrogen and oxygen atoms in total. The van der Waals surface area contributed by atoms with E-state index in [1.807, 2.05) is 37.3 Å². The van der Waals surface area contributed by atoms with Gasteiger partial charge in [0.05, 0.1) is 12.4 Å². The second-order valence-corrected chi connectivity index (χ2v) is 4.70. The van der Waals surface area contributed by atoms with E-state index < -0.39 is 6.10 Å². The van der Waals surface area contributed by atoms with Crippen molar-refractivity contribution in [3.05, 3.63) is 58.0 Å². The minimum atomic E-state index is -0.506. The summed E-state index contributed by atoms with van der Waals surface area (Å²) in [7, 11) is 0. The minimum Gasteiger partial charge on any atom is -0.469 e. The summed E-state index contributed by atoms with van der Waals surface area (Å²) in [6, 6.07) is 9.77. The fraction of sp³-hybridized carbons (Fsp3) is 0.231. The Kier molecular flexibility index (Phi) is 3.46. The Hall–Kier alpha value is -1.06. The Labute approximate surface area is 103 Å². The maximum atomic E-state index is 10.1. The summed E-state index contributed by atoms with van der Waals surface area (Å²) < 4.78 is 6.21. The zero-order chi connectivity index (χ0) is 11.5. The first-order valence-electron chi connectivity index (χ1n) is 5.13. The van der Waals surface area contributed by atoms with Crippen LogP contribution in [0.4, 0.5) is 0 Å². The van der Waals surface area contributed by atoms with E-state index in [4.69, 9.17) is 4.42 Å². The molecule has 1 atom stereocenters. The molecule has 0 spiro atoms. The molecule has 1 N–H and O–H groups in total. The Bertz CT molecular complexity index is 476. The summed E-state index contributed by atoms with van der Waals surface area (Å²) in [5.41, 5.74) is 1.96. The van der Waals surface area contributed by atoms with Gasteiger partial charge in [0.2, 0.25) is 0 Å². The lowest BCUT2D eigenvalue weighted by Crippen LogP contribution is -2.01. The van der Waals surface area contributed by atoms with Crippen molar-refractivity contribution < 1.29 is 9.52 Å². The van der Waals surface area contributed by atoms with Crippen molar-refractivity contribution in [3.63, 3.8) is 0 Å². The van der Waals surface area contributed by atoms with Gasteiger partial charge in [0.25, 0.3) is 0 Å². The van der Waals surface area contributed by atoms with Gasteiger partial charge in [-0.2, -0.15) is 0 Å². The van der Waals surface area contributed by atoms with Gasteiger partial charge in [-0.1, -0.05) is 28.1 Å². The predicted molar refractivity (Wildman–Crippen MR) is 66.3 cm³/mol. The molecule has 2 aromatic rings. The third-order valence-electron chi connectivity index (χ3n) is 2.58. The zero-order valence-corrected chi connectivity index (χ0v) is 10.6. The Morgan fingerprint density at radius 3 is 2.81 bits per heavy atom. The van der Waals surface area contributed by atoms with Crippen molar-refractivity contribution in [2.45, 2.75) is 19.4 Å². The van der Waals surface area contributed by atoms with E-state index in [-0.39, 0.29) is 0 Å². The quantitative estimate of drug-likeness (QED) is 0.932. The van der Waals surface area contributed by atoms with Crippen LogP contribution in [0.15, 0.2) is 45.5 Å². The van der Waals surface area contributed by atoms with Gasteiger partial charge < -0.3 is 9.52 Å². The second kappa shape index (κ2) is 4.85. The van der Waals surface area contributed by atoms with Gasteiger partial charge in [0.1, 0.15) is 5.76 Å². The predicted octanol–water partition coefficient (Wildman–Crippen LogP) is 3.63. The van der Waals surface area contributed by atoms with Gasteiger partial charge in [-0.05, 0) is 30.7 Å². The highest BCUT2D eigenvalue weighted by Crippen LogP contribution is 2.23. The number of aliphatic hydroxyl groups excluding tert-OH is 1. The van der Waals surface area contributed by atoms with Crippen LogP contribution >= 0.6 is 15.9 Å². The number of aryl methyl sites for hydroxylation is 1. The molecule has 3 heteroatoms. The lowest BCUT2D eigenvalue weighted by molar-refractivity contribution is 0.176.